The monoisotopic (exact) mass is 289 g/mol. The molecule has 0 radical (unpaired) electrons. The number of hydrogen-bond donors (Lipinski definition) is 0. The molecule has 0 bridgehead atoms. The van der Waals surface area contributed by atoms with Crippen LogP contribution in [0.25, 0.3) is 10.8 Å². The van der Waals surface area contributed by atoms with Crippen LogP contribution in [-0.2, 0) is 9.31 Å². The Bertz CT molecular complexity index is 656. The third-order valence-electron chi connectivity index (χ3n) is 4.26. The summed E-state index contributed by atoms with van der Waals surface area (Å²) in [6.07, 6.45) is 3.61. The van der Waals surface area contributed by atoms with Crippen molar-refractivity contribution in [1.29, 1.82) is 0 Å². The summed E-state index contributed by atoms with van der Waals surface area (Å²) < 4.78 is 12.2. The molecule has 1 aliphatic rings. The van der Waals surface area contributed by atoms with Gasteiger partial charge in [0.1, 0.15) is 0 Å². The number of rotatable bonds is 1. The largest absolute Gasteiger partial charge is 0.497 e. The van der Waals surface area contributed by atoms with Crippen LogP contribution in [-0.4, -0.2) is 23.3 Å². The summed E-state index contributed by atoms with van der Waals surface area (Å²) in [6, 6.07) is 5.75. The van der Waals surface area contributed by atoms with Gasteiger partial charge in [0.05, 0.1) is 11.2 Å². The maximum absolute atomic E-state index is 6.11. The van der Waals surface area contributed by atoms with Crippen molar-refractivity contribution in [3.63, 3.8) is 0 Å². The Labute approximate surface area is 124 Å². The standard InChI is InChI=1S/C15H17BClNO2/c1-14(2)15(3,4)20-16(19-14)13-9-18-8-10-5-6-11(17)7-12(10)13/h5-9H,1-4H3. The highest BCUT2D eigenvalue weighted by Crippen LogP contribution is 2.37. The lowest BCUT2D eigenvalue weighted by molar-refractivity contribution is 0.00578. The molecule has 1 saturated heterocycles. The van der Waals surface area contributed by atoms with Gasteiger partial charge in [-0.05, 0) is 50.6 Å². The summed E-state index contributed by atoms with van der Waals surface area (Å²) in [7, 11) is -0.422. The van der Waals surface area contributed by atoms with Crippen molar-refractivity contribution in [2.45, 2.75) is 38.9 Å². The van der Waals surface area contributed by atoms with Crippen molar-refractivity contribution in [2.75, 3.05) is 0 Å². The SMILES string of the molecule is CC1(C)OB(c2cncc3ccc(Cl)cc23)OC1(C)C. The van der Waals surface area contributed by atoms with Crippen LogP contribution >= 0.6 is 11.6 Å². The highest BCUT2D eigenvalue weighted by molar-refractivity contribution is 6.65. The number of fused-ring (bicyclic) bond motifs is 1. The second-order valence-corrected chi connectivity index (χ2v) is 6.62. The van der Waals surface area contributed by atoms with Gasteiger partial charge < -0.3 is 9.31 Å². The topological polar surface area (TPSA) is 31.4 Å². The normalized spacial score (nSPS) is 20.6. The summed E-state index contributed by atoms with van der Waals surface area (Å²) in [4.78, 5) is 4.28. The van der Waals surface area contributed by atoms with Crippen LogP contribution in [0.4, 0.5) is 0 Å². The van der Waals surface area contributed by atoms with E-state index in [-0.39, 0.29) is 11.2 Å². The Morgan fingerprint density at radius 3 is 2.35 bits per heavy atom. The lowest BCUT2D eigenvalue weighted by atomic mass is 9.77. The van der Waals surface area contributed by atoms with E-state index in [9.17, 15) is 0 Å². The number of aromatic nitrogens is 1. The molecule has 2 heterocycles. The third kappa shape index (κ3) is 2.12. The first-order valence-electron chi connectivity index (χ1n) is 6.69. The fraction of sp³-hybridized carbons (Fsp3) is 0.400. The molecule has 0 amide bonds. The molecule has 3 rings (SSSR count). The number of benzene rings is 1. The summed E-state index contributed by atoms with van der Waals surface area (Å²) in [5, 5.41) is 2.74. The number of halogens is 1. The Morgan fingerprint density at radius 1 is 1.05 bits per heavy atom. The van der Waals surface area contributed by atoms with E-state index >= 15 is 0 Å². The first-order chi connectivity index (χ1) is 9.30. The molecule has 20 heavy (non-hydrogen) atoms. The van der Waals surface area contributed by atoms with E-state index in [2.05, 4.69) is 4.98 Å². The lowest BCUT2D eigenvalue weighted by Gasteiger charge is -2.32. The van der Waals surface area contributed by atoms with Gasteiger partial charge in [-0.25, -0.2) is 0 Å². The molecule has 3 nitrogen and oxygen atoms in total. The van der Waals surface area contributed by atoms with Gasteiger partial charge in [0.2, 0.25) is 0 Å². The molecule has 0 atom stereocenters. The summed E-state index contributed by atoms with van der Waals surface area (Å²) in [6.45, 7) is 8.16. The van der Waals surface area contributed by atoms with E-state index in [1.54, 1.807) is 6.20 Å². The first-order valence-corrected chi connectivity index (χ1v) is 7.07. The predicted molar refractivity (Wildman–Crippen MR) is 82.5 cm³/mol. The molecule has 0 saturated carbocycles. The van der Waals surface area contributed by atoms with Gasteiger partial charge in [0.25, 0.3) is 0 Å². The van der Waals surface area contributed by atoms with E-state index in [0.29, 0.717) is 5.02 Å². The summed E-state index contributed by atoms with van der Waals surface area (Å²) in [5.41, 5.74) is 0.195. The fourth-order valence-corrected chi connectivity index (χ4v) is 2.49. The quantitative estimate of drug-likeness (QED) is 0.756. The second kappa shape index (κ2) is 4.45. The Morgan fingerprint density at radius 2 is 1.70 bits per heavy atom. The lowest BCUT2D eigenvalue weighted by Crippen LogP contribution is -2.41. The smallest absolute Gasteiger partial charge is 0.399 e. The van der Waals surface area contributed by atoms with Crippen LogP contribution in [0.2, 0.25) is 5.02 Å². The molecular weight excluding hydrogens is 272 g/mol. The molecule has 0 unspecified atom stereocenters. The van der Waals surface area contributed by atoms with Gasteiger partial charge in [-0.15, -0.1) is 0 Å². The van der Waals surface area contributed by atoms with Gasteiger partial charge in [-0.3, -0.25) is 4.98 Å². The minimum Gasteiger partial charge on any atom is -0.399 e. The van der Waals surface area contributed by atoms with Gasteiger partial charge in [-0.1, -0.05) is 17.7 Å². The zero-order chi connectivity index (χ0) is 14.5. The molecule has 1 aliphatic heterocycles. The summed E-state index contributed by atoms with van der Waals surface area (Å²) in [5.74, 6) is 0. The van der Waals surface area contributed by atoms with Crippen molar-refractivity contribution in [1.82, 2.24) is 4.98 Å². The highest BCUT2D eigenvalue weighted by Gasteiger charge is 2.52. The zero-order valence-corrected chi connectivity index (χ0v) is 12.9. The van der Waals surface area contributed by atoms with Crippen molar-refractivity contribution in [3.8, 4) is 0 Å². The van der Waals surface area contributed by atoms with Crippen molar-refractivity contribution >= 4 is 35.0 Å². The molecule has 104 valence electrons. The van der Waals surface area contributed by atoms with Gasteiger partial charge in [0.15, 0.2) is 0 Å². The van der Waals surface area contributed by atoms with Crippen molar-refractivity contribution in [3.05, 3.63) is 35.6 Å². The van der Waals surface area contributed by atoms with Gasteiger partial charge in [-0.2, -0.15) is 0 Å². The number of pyridine rings is 1. The molecule has 1 aromatic carbocycles. The van der Waals surface area contributed by atoms with E-state index in [1.807, 2.05) is 52.1 Å². The van der Waals surface area contributed by atoms with E-state index in [1.165, 1.54) is 0 Å². The third-order valence-corrected chi connectivity index (χ3v) is 4.50. The highest BCUT2D eigenvalue weighted by atomic mass is 35.5. The average Bonchev–Trinajstić information content (AvgIpc) is 2.57. The van der Waals surface area contributed by atoms with Crippen LogP contribution in [0.15, 0.2) is 30.6 Å². The van der Waals surface area contributed by atoms with E-state index in [4.69, 9.17) is 20.9 Å². The zero-order valence-electron chi connectivity index (χ0n) is 12.1. The number of hydrogen-bond acceptors (Lipinski definition) is 3. The Kier molecular flexibility index (Phi) is 3.09. The van der Waals surface area contributed by atoms with E-state index < -0.39 is 7.12 Å². The summed E-state index contributed by atoms with van der Waals surface area (Å²) >= 11 is 6.11. The Balaban J connectivity index is 2.10. The molecule has 1 fully saturated rings. The van der Waals surface area contributed by atoms with E-state index in [0.717, 1.165) is 16.2 Å². The minimum absolute atomic E-state index is 0.363. The molecule has 1 aromatic heterocycles. The molecule has 5 heteroatoms. The molecule has 0 spiro atoms. The van der Waals surface area contributed by atoms with Crippen molar-refractivity contribution < 1.29 is 9.31 Å². The molecular formula is C15H17BClNO2. The van der Waals surface area contributed by atoms with Crippen LogP contribution in [0.1, 0.15) is 27.7 Å². The number of nitrogens with zero attached hydrogens (tertiary/aromatic N) is 1. The maximum Gasteiger partial charge on any atom is 0.497 e. The minimum atomic E-state index is -0.422. The fourth-order valence-electron chi connectivity index (χ4n) is 2.32. The van der Waals surface area contributed by atoms with Crippen LogP contribution < -0.4 is 5.46 Å². The maximum atomic E-state index is 6.11. The molecule has 2 aromatic rings. The van der Waals surface area contributed by atoms with Crippen LogP contribution in [0.5, 0.6) is 0 Å². The second-order valence-electron chi connectivity index (χ2n) is 6.18. The van der Waals surface area contributed by atoms with Gasteiger partial charge in [0, 0.05) is 22.9 Å². The van der Waals surface area contributed by atoms with Crippen LogP contribution in [0.3, 0.4) is 0 Å². The first kappa shape index (κ1) is 13.9. The Hall–Kier alpha value is -1.10. The van der Waals surface area contributed by atoms with Crippen LogP contribution in [0, 0.1) is 0 Å². The molecule has 0 N–H and O–H groups in total. The average molecular weight is 290 g/mol. The van der Waals surface area contributed by atoms with Crippen molar-refractivity contribution in [2.24, 2.45) is 0 Å². The predicted octanol–water partition coefficient (Wildman–Crippen LogP) is 3.19. The van der Waals surface area contributed by atoms with Gasteiger partial charge >= 0.3 is 7.12 Å². The molecule has 0 aliphatic carbocycles.